The zero-order valence-electron chi connectivity index (χ0n) is 12.7. The van der Waals surface area contributed by atoms with Gasteiger partial charge in [0.05, 0.1) is 7.11 Å². The summed E-state index contributed by atoms with van der Waals surface area (Å²) in [7, 11) is 1.37. The minimum Gasteiger partial charge on any atom is -0.494 e. The number of nitrogens with one attached hydrogen (secondary N) is 2. The largest absolute Gasteiger partial charge is 0.494 e. The Kier molecular flexibility index (Phi) is 5.89. The third-order valence-electron chi connectivity index (χ3n) is 3.76. The highest BCUT2D eigenvalue weighted by molar-refractivity contribution is 5.98. The molecular weight excluding hydrogens is 287 g/mol. The summed E-state index contributed by atoms with van der Waals surface area (Å²) in [5.41, 5.74) is 0.257. The van der Waals surface area contributed by atoms with E-state index >= 15 is 0 Å². The van der Waals surface area contributed by atoms with E-state index in [1.165, 1.54) is 19.2 Å². The summed E-state index contributed by atoms with van der Waals surface area (Å²) in [5, 5.41) is 6.15. The Morgan fingerprint density at radius 1 is 1.32 bits per heavy atom. The number of carbonyl (C=O) groups is 2. The van der Waals surface area contributed by atoms with Crippen LogP contribution >= 0.6 is 0 Å². The van der Waals surface area contributed by atoms with Crippen LogP contribution in [0.1, 0.15) is 36.0 Å². The van der Waals surface area contributed by atoms with Crippen molar-refractivity contribution in [1.29, 1.82) is 0 Å². The molecule has 0 aliphatic carbocycles. The van der Waals surface area contributed by atoms with E-state index in [9.17, 15) is 14.0 Å². The second-order valence-electron chi connectivity index (χ2n) is 5.36. The van der Waals surface area contributed by atoms with Gasteiger partial charge in [-0.15, -0.1) is 0 Å². The second kappa shape index (κ2) is 7.89. The molecular formula is C16H21FN2O3. The van der Waals surface area contributed by atoms with Crippen molar-refractivity contribution in [3.05, 3.63) is 29.6 Å². The number of ketones is 1. The highest BCUT2D eigenvalue weighted by Gasteiger charge is 2.17. The lowest BCUT2D eigenvalue weighted by Gasteiger charge is -2.23. The molecule has 1 amide bonds. The number of piperidine rings is 1. The number of hydrogen-bond acceptors (Lipinski definition) is 4. The molecule has 1 fully saturated rings. The van der Waals surface area contributed by atoms with Crippen LogP contribution in [-0.2, 0) is 4.79 Å². The molecule has 120 valence electrons. The van der Waals surface area contributed by atoms with E-state index < -0.39 is 5.82 Å². The number of amides is 1. The highest BCUT2D eigenvalue weighted by Crippen LogP contribution is 2.18. The van der Waals surface area contributed by atoms with Crippen LogP contribution in [0, 0.1) is 5.82 Å². The number of halogens is 1. The Labute approximate surface area is 129 Å². The number of carbonyl (C=O) groups excluding carboxylic acids is 2. The van der Waals surface area contributed by atoms with Crippen molar-refractivity contribution in [2.45, 2.75) is 31.7 Å². The molecule has 1 aliphatic heterocycles. The summed E-state index contributed by atoms with van der Waals surface area (Å²) < 4.78 is 18.4. The van der Waals surface area contributed by atoms with Crippen LogP contribution in [-0.4, -0.2) is 37.9 Å². The van der Waals surface area contributed by atoms with E-state index in [0.717, 1.165) is 32.0 Å². The molecule has 1 aromatic rings. The number of rotatable bonds is 6. The van der Waals surface area contributed by atoms with Gasteiger partial charge in [0.2, 0.25) is 5.91 Å². The molecule has 0 aromatic heterocycles. The fraction of sp³-hybridized carbons (Fsp3) is 0.500. The molecule has 2 N–H and O–H groups in total. The monoisotopic (exact) mass is 308 g/mol. The van der Waals surface area contributed by atoms with Crippen LogP contribution in [0.3, 0.4) is 0 Å². The maximum atomic E-state index is 13.6. The van der Waals surface area contributed by atoms with Gasteiger partial charge in [-0.1, -0.05) is 0 Å². The third-order valence-corrected chi connectivity index (χ3v) is 3.76. The van der Waals surface area contributed by atoms with E-state index in [-0.39, 0.29) is 41.9 Å². The van der Waals surface area contributed by atoms with Crippen molar-refractivity contribution >= 4 is 11.7 Å². The van der Waals surface area contributed by atoms with Crippen LogP contribution in [0.2, 0.25) is 0 Å². The van der Waals surface area contributed by atoms with Crippen LogP contribution in [0.5, 0.6) is 5.75 Å². The van der Waals surface area contributed by atoms with Crippen molar-refractivity contribution in [1.82, 2.24) is 10.6 Å². The van der Waals surface area contributed by atoms with Gasteiger partial charge in [-0.05, 0) is 44.1 Å². The molecule has 0 radical (unpaired) electrons. The number of hydrogen-bond donors (Lipinski definition) is 2. The molecule has 1 saturated heterocycles. The average molecular weight is 308 g/mol. The number of ether oxygens (including phenoxy) is 1. The first-order valence-corrected chi connectivity index (χ1v) is 7.47. The van der Waals surface area contributed by atoms with Crippen LogP contribution in [0.15, 0.2) is 18.2 Å². The Balaban J connectivity index is 1.81. The fourth-order valence-electron chi connectivity index (χ4n) is 2.48. The van der Waals surface area contributed by atoms with E-state index in [0.29, 0.717) is 0 Å². The minimum atomic E-state index is -0.576. The first-order valence-electron chi connectivity index (χ1n) is 7.47. The minimum absolute atomic E-state index is 0.0720. The van der Waals surface area contributed by atoms with Gasteiger partial charge in [0.25, 0.3) is 0 Å². The Hall–Kier alpha value is -1.95. The normalized spacial score (nSPS) is 15.4. The predicted molar refractivity (Wildman–Crippen MR) is 80.6 cm³/mol. The summed E-state index contributed by atoms with van der Waals surface area (Å²) in [6.07, 6.45) is 2.01. The Bertz CT molecular complexity index is 542. The molecule has 0 unspecified atom stereocenters. The maximum absolute atomic E-state index is 13.6. The molecule has 0 atom stereocenters. The smallest absolute Gasteiger partial charge is 0.220 e. The second-order valence-corrected chi connectivity index (χ2v) is 5.36. The molecule has 0 saturated carbocycles. The van der Waals surface area contributed by atoms with Gasteiger partial charge in [0.15, 0.2) is 17.3 Å². The molecule has 2 rings (SSSR count). The first-order chi connectivity index (χ1) is 10.6. The fourth-order valence-corrected chi connectivity index (χ4v) is 2.48. The highest BCUT2D eigenvalue weighted by atomic mass is 19.1. The van der Waals surface area contributed by atoms with Gasteiger partial charge >= 0.3 is 0 Å². The molecule has 1 heterocycles. The van der Waals surface area contributed by atoms with Gasteiger partial charge in [0.1, 0.15) is 0 Å². The number of Topliss-reactive ketones (excluding diaryl/α,β-unsaturated/α-hetero) is 1. The van der Waals surface area contributed by atoms with Gasteiger partial charge in [0, 0.05) is 24.4 Å². The maximum Gasteiger partial charge on any atom is 0.220 e. The lowest BCUT2D eigenvalue weighted by molar-refractivity contribution is -0.121. The number of methoxy groups -OCH3 is 1. The summed E-state index contributed by atoms with van der Waals surface area (Å²) in [5.74, 6) is -0.857. The summed E-state index contributed by atoms with van der Waals surface area (Å²) >= 11 is 0. The van der Waals surface area contributed by atoms with E-state index in [4.69, 9.17) is 4.74 Å². The first kappa shape index (κ1) is 16.4. The van der Waals surface area contributed by atoms with E-state index in [1.807, 2.05) is 0 Å². The van der Waals surface area contributed by atoms with Crippen molar-refractivity contribution < 1.29 is 18.7 Å². The van der Waals surface area contributed by atoms with Crippen LogP contribution < -0.4 is 15.4 Å². The lowest BCUT2D eigenvalue weighted by atomic mass is 10.0. The zero-order valence-corrected chi connectivity index (χ0v) is 12.7. The van der Waals surface area contributed by atoms with Gasteiger partial charge < -0.3 is 15.4 Å². The molecule has 1 aliphatic rings. The zero-order chi connectivity index (χ0) is 15.9. The lowest BCUT2D eigenvalue weighted by Crippen LogP contribution is -2.42. The molecule has 5 nitrogen and oxygen atoms in total. The van der Waals surface area contributed by atoms with Gasteiger partial charge in [-0.25, -0.2) is 4.39 Å². The van der Waals surface area contributed by atoms with Crippen LogP contribution in [0.4, 0.5) is 4.39 Å². The molecule has 6 heteroatoms. The Morgan fingerprint density at radius 3 is 2.68 bits per heavy atom. The van der Waals surface area contributed by atoms with Crippen molar-refractivity contribution in [2.24, 2.45) is 0 Å². The molecule has 0 spiro atoms. The quantitative estimate of drug-likeness (QED) is 0.785. The summed E-state index contributed by atoms with van der Waals surface area (Å²) in [6.45, 7) is 1.80. The SMILES string of the molecule is COc1ccc(C(=O)CCC(=O)NC2CCNCC2)cc1F. The van der Waals surface area contributed by atoms with Gasteiger partial charge in [-0.3, -0.25) is 9.59 Å². The summed E-state index contributed by atoms with van der Waals surface area (Å²) in [4.78, 5) is 23.8. The third kappa shape index (κ3) is 4.53. The average Bonchev–Trinajstić information content (AvgIpc) is 2.53. The topological polar surface area (TPSA) is 67.4 Å². The molecule has 22 heavy (non-hydrogen) atoms. The van der Waals surface area contributed by atoms with Crippen molar-refractivity contribution in [3.63, 3.8) is 0 Å². The van der Waals surface area contributed by atoms with Gasteiger partial charge in [-0.2, -0.15) is 0 Å². The standard InChI is InChI=1S/C16H21FN2O3/c1-22-15-4-2-11(10-13(15)17)14(20)3-5-16(21)19-12-6-8-18-9-7-12/h2,4,10,12,18H,3,5-9H2,1H3,(H,19,21). The molecule has 1 aromatic carbocycles. The van der Waals surface area contributed by atoms with Crippen molar-refractivity contribution in [3.8, 4) is 5.75 Å². The predicted octanol–water partition coefficient (Wildman–Crippen LogP) is 1.67. The summed E-state index contributed by atoms with van der Waals surface area (Å²) in [6, 6.07) is 4.25. The van der Waals surface area contributed by atoms with Crippen LogP contribution in [0.25, 0.3) is 0 Å². The van der Waals surface area contributed by atoms with E-state index in [2.05, 4.69) is 10.6 Å². The Morgan fingerprint density at radius 2 is 2.05 bits per heavy atom. The van der Waals surface area contributed by atoms with E-state index in [1.54, 1.807) is 0 Å². The molecule has 0 bridgehead atoms. The number of benzene rings is 1. The van der Waals surface area contributed by atoms with Crippen molar-refractivity contribution in [2.75, 3.05) is 20.2 Å².